The Morgan fingerprint density at radius 1 is 1.19 bits per heavy atom. The number of methoxy groups -OCH3 is 1. The maximum Gasteiger partial charge on any atom is 0.254 e. The van der Waals surface area contributed by atoms with Crippen LogP contribution in [0.2, 0.25) is 0 Å². The average molecular weight is 357 g/mol. The van der Waals surface area contributed by atoms with Crippen LogP contribution < -0.4 is 19.8 Å². The fraction of sp³-hybridized carbons (Fsp3) is 0.474. The van der Waals surface area contributed by atoms with Crippen molar-refractivity contribution in [3.8, 4) is 17.2 Å². The minimum absolute atomic E-state index is 0.00809. The Balaban J connectivity index is 1.55. The van der Waals surface area contributed by atoms with Crippen LogP contribution in [-0.4, -0.2) is 48.3 Å². The van der Waals surface area contributed by atoms with E-state index in [1.165, 1.54) is 0 Å². The van der Waals surface area contributed by atoms with Gasteiger partial charge in [-0.3, -0.25) is 9.69 Å². The molecule has 0 amide bonds. The number of rotatable bonds is 3. The quantitative estimate of drug-likeness (QED) is 0.896. The molecule has 2 aliphatic heterocycles. The highest BCUT2D eigenvalue weighted by molar-refractivity contribution is 5.51. The van der Waals surface area contributed by atoms with E-state index in [0.717, 1.165) is 60.1 Å². The molecule has 7 nitrogen and oxygen atoms in total. The summed E-state index contributed by atoms with van der Waals surface area (Å²) in [6.07, 6.45) is 1.47. The number of hydrogen-bond acceptors (Lipinski definition) is 6. The predicted molar refractivity (Wildman–Crippen MR) is 96.3 cm³/mol. The maximum atomic E-state index is 12.2. The smallest absolute Gasteiger partial charge is 0.254 e. The Hall–Kier alpha value is -2.54. The molecule has 7 heteroatoms. The van der Waals surface area contributed by atoms with Gasteiger partial charge in [0.2, 0.25) is 0 Å². The molecule has 3 heterocycles. The summed E-state index contributed by atoms with van der Waals surface area (Å²) in [5, 5.41) is 0. The van der Waals surface area contributed by atoms with Crippen LogP contribution in [0.3, 0.4) is 0 Å². The van der Waals surface area contributed by atoms with Gasteiger partial charge in [-0.2, -0.15) is 0 Å². The molecule has 0 atom stereocenters. The van der Waals surface area contributed by atoms with Crippen molar-refractivity contribution in [1.29, 1.82) is 0 Å². The Labute approximate surface area is 151 Å². The zero-order valence-corrected chi connectivity index (χ0v) is 15.1. The molecule has 1 aromatic heterocycles. The first-order chi connectivity index (χ1) is 12.6. The molecular weight excluding hydrogens is 334 g/mol. The fourth-order valence-corrected chi connectivity index (χ4v) is 3.60. The minimum atomic E-state index is -0.00809. The van der Waals surface area contributed by atoms with Crippen LogP contribution in [0.5, 0.6) is 17.2 Å². The molecule has 26 heavy (non-hydrogen) atoms. The van der Waals surface area contributed by atoms with E-state index in [1.54, 1.807) is 7.11 Å². The molecule has 4 rings (SSSR count). The summed E-state index contributed by atoms with van der Waals surface area (Å²) in [5.74, 6) is 2.96. The van der Waals surface area contributed by atoms with Crippen LogP contribution in [0, 0.1) is 6.92 Å². The summed E-state index contributed by atoms with van der Waals surface area (Å²) in [6, 6.07) is 3.90. The summed E-state index contributed by atoms with van der Waals surface area (Å²) in [6.45, 7) is 5.32. The van der Waals surface area contributed by atoms with Crippen LogP contribution in [0.1, 0.15) is 22.6 Å². The minimum Gasteiger partial charge on any atom is -0.496 e. The average Bonchev–Trinajstić information content (AvgIpc) is 2.84. The number of aryl methyl sites for hydroxylation is 1. The molecule has 2 aliphatic rings. The highest BCUT2D eigenvalue weighted by atomic mass is 16.6. The number of hydrogen-bond donors (Lipinski definition) is 1. The van der Waals surface area contributed by atoms with E-state index in [0.29, 0.717) is 25.5 Å². The number of benzene rings is 1. The number of nitrogens with one attached hydrogen (secondary N) is 1. The first-order valence-corrected chi connectivity index (χ1v) is 8.91. The fourth-order valence-electron chi connectivity index (χ4n) is 3.60. The third-order valence-electron chi connectivity index (χ3n) is 4.90. The Bertz CT molecular complexity index is 878. The van der Waals surface area contributed by atoms with Gasteiger partial charge in [0.05, 0.1) is 12.8 Å². The summed E-state index contributed by atoms with van der Waals surface area (Å²) < 4.78 is 16.9. The number of aromatic amines is 1. The first kappa shape index (κ1) is 16.9. The third-order valence-corrected chi connectivity index (χ3v) is 4.90. The Kier molecular flexibility index (Phi) is 4.55. The number of ether oxygens (including phenoxy) is 3. The molecule has 1 aromatic carbocycles. The van der Waals surface area contributed by atoms with Crippen LogP contribution >= 0.6 is 0 Å². The van der Waals surface area contributed by atoms with Crippen molar-refractivity contribution >= 4 is 0 Å². The summed E-state index contributed by atoms with van der Waals surface area (Å²) in [7, 11) is 1.67. The van der Waals surface area contributed by atoms with Crippen molar-refractivity contribution in [2.45, 2.75) is 26.3 Å². The van der Waals surface area contributed by atoms with Gasteiger partial charge in [-0.05, 0) is 19.4 Å². The molecule has 0 bridgehead atoms. The van der Waals surface area contributed by atoms with Gasteiger partial charge >= 0.3 is 0 Å². The molecule has 0 fully saturated rings. The van der Waals surface area contributed by atoms with Gasteiger partial charge in [0.1, 0.15) is 24.8 Å². The van der Waals surface area contributed by atoms with Gasteiger partial charge in [0, 0.05) is 43.2 Å². The lowest BCUT2D eigenvalue weighted by Gasteiger charge is -2.24. The normalized spacial score (nSPS) is 16.7. The second kappa shape index (κ2) is 6.99. The lowest BCUT2D eigenvalue weighted by atomic mass is 10.1. The Morgan fingerprint density at radius 3 is 2.69 bits per heavy atom. The van der Waals surface area contributed by atoms with E-state index in [4.69, 9.17) is 14.2 Å². The standard InChI is InChI=1S/C19H23N3O4/c1-12-20-15-4-6-22(5-3-14(15)19(23)21-12)11-13-9-17-18(10-16(13)24-2)26-8-7-25-17/h9-10H,3-8,11H2,1-2H3,(H,20,21,23). The molecule has 138 valence electrons. The van der Waals surface area contributed by atoms with Crippen molar-refractivity contribution in [2.24, 2.45) is 0 Å². The molecule has 0 unspecified atom stereocenters. The lowest BCUT2D eigenvalue weighted by Crippen LogP contribution is -2.26. The summed E-state index contributed by atoms with van der Waals surface area (Å²) in [5.41, 5.74) is 2.78. The zero-order valence-electron chi connectivity index (χ0n) is 15.1. The third kappa shape index (κ3) is 3.26. The monoisotopic (exact) mass is 357 g/mol. The molecule has 2 aromatic rings. The van der Waals surface area contributed by atoms with Crippen LogP contribution in [0.15, 0.2) is 16.9 Å². The van der Waals surface area contributed by atoms with Crippen LogP contribution in [0.25, 0.3) is 0 Å². The predicted octanol–water partition coefficient (Wildman–Crippen LogP) is 1.46. The van der Waals surface area contributed by atoms with E-state index in [9.17, 15) is 4.79 Å². The molecule has 0 radical (unpaired) electrons. The molecular formula is C19H23N3O4. The van der Waals surface area contributed by atoms with Crippen molar-refractivity contribution in [1.82, 2.24) is 14.9 Å². The highest BCUT2D eigenvalue weighted by Crippen LogP contribution is 2.37. The van der Waals surface area contributed by atoms with Gasteiger partial charge in [-0.1, -0.05) is 0 Å². The summed E-state index contributed by atoms with van der Waals surface area (Å²) >= 11 is 0. The van der Waals surface area contributed by atoms with Crippen molar-refractivity contribution in [3.63, 3.8) is 0 Å². The van der Waals surface area contributed by atoms with Crippen LogP contribution in [0.4, 0.5) is 0 Å². The molecule has 0 saturated carbocycles. The number of aromatic nitrogens is 2. The molecule has 0 spiro atoms. The number of H-pyrrole nitrogens is 1. The second-order valence-electron chi connectivity index (χ2n) is 6.66. The van der Waals surface area contributed by atoms with Crippen molar-refractivity contribution in [2.75, 3.05) is 33.4 Å². The summed E-state index contributed by atoms with van der Waals surface area (Å²) in [4.78, 5) is 21.9. The highest BCUT2D eigenvalue weighted by Gasteiger charge is 2.21. The SMILES string of the molecule is COc1cc2c(cc1CN1CCc3nc(C)[nH]c(=O)c3CC1)OCCO2. The van der Waals surface area contributed by atoms with E-state index in [-0.39, 0.29) is 5.56 Å². The zero-order chi connectivity index (χ0) is 18.1. The van der Waals surface area contributed by atoms with E-state index >= 15 is 0 Å². The first-order valence-electron chi connectivity index (χ1n) is 8.91. The number of nitrogens with zero attached hydrogens (tertiary/aromatic N) is 2. The van der Waals surface area contributed by atoms with Crippen LogP contribution in [-0.2, 0) is 19.4 Å². The Morgan fingerprint density at radius 2 is 1.92 bits per heavy atom. The van der Waals surface area contributed by atoms with Crippen molar-refractivity contribution < 1.29 is 14.2 Å². The largest absolute Gasteiger partial charge is 0.496 e. The van der Waals surface area contributed by atoms with Gasteiger partial charge < -0.3 is 19.2 Å². The van der Waals surface area contributed by atoms with E-state index in [2.05, 4.69) is 14.9 Å². The molecule has 1 N–H and O–H groups in total. The molecule has 0 saturated heterocycles. The van der Waals surface area contributed by atoms with Crippen molar-refractivity contribution in [3.05, 3.63) is 45.1 Å². The molecule has 0 aliphatic carbocycles. The second-order valence-corrected chi connectivity index (χ2v) is 6.66. The van der Waals surface area contributed by atoms with Gasteiger partial charge in [-0.15, -0.1) is 0 Å². The number of fused-ring (bicyclic) bond motifs is 2. The van der Waals surface area contributed by atoms with E-state index in [1.807, 2.05) is 19.1 Å². The van der Waals surface area contributed by atoms with E-state index < -0.39 is 0 Å². The topological polar surface area (TPSA) is 76.7 Å². The van der Waals surface area contributed by atoms with Gasteiger partial charge in [0.15, 0.2) is 11.5 Å². The van der Waals surface area contributed by atoms with Gasteiger partial charge in [-0.25, -0.2) is 4.98 Å². The van der Waals surface area contributed by atoms with Gasteiger partial charge in [0.25, 0.3) is 5.56 Å². The maximum absolute atomic E-state index is 12.2. The lowest BCUT2D eigenvalue weighted by molar-refractivity contribution is 0.170.